The quantitative estimate of drug-likeness (QED) is 0.647. The fourth-order valence-electron chi connectivity index (χ4n) is 1.96. The molecular weight excluding hydrogens is 178 g/mol. The number of carbonyl (C=O) groups is 1. The third-order valence-corrected chi connectivity index (χ3v) is 2.71. The molecule has 82 valence electrons. The number of cyclic esters (lactones) is 1. The minimum Gasteiger partial charge on any atom is -0.461 e. The zero-order valence-corrected chi connectivity index (χ0v) is 9.62. The van der Waals surface area contributed by atoms with Crippen molar-refractivity contribution in [3.8, 4) is 0 Å². The van der Waals surface area contributed by atoms with E-state index in [9.17, 15) is 4.79 Å². The summed E-state index contributed by atoms with van der Waals surface area (Å²) in [4.78, 5) is 13.3. The van der Waals surface area contributed by atoms with Crippen molar-refractivity contribution in [2.75, 3.05) is 6.54 Å². The zero-order valence-electron chi connectivity index (χ0n) is 9.62. The molecule has 0 N–H and O–H groups in total. The van der Waals surface area contributed by atoms with Crippen LogP contribution in [0.1, 0.15) is 40.5 Å². The smallest absolute Gasteiger partial charge is 0.306 e. The third kappa shape index (κ3) is 2.98. The van der Waals surface area contributed by atoms with E-state index in [1.165, 1.54) is 0 Å². The Hall–Kier alpha value is -0.570. The largest absolute Gasteiger partial charge is 0.461 e. The number of carbonyl (C=O) groups excluding carboxylic acids is 1. The van der Waals surface area contributed by atoms with Gasteiger partial charge >= 0.3 is 5.97 Å². The van der Waals surface area contributed by atoms with E-state index in [0.717, 1.165) is 13.0 Å². The van der Waals surface area contributed by atoms with E-state index < -0.39 is 0 Å². The fourth-order valence-corrected chi connectivity index (χ4v) is 1.96. The highest BCUT2D eigenvalue weighted by Gasteiger charge is 2.27. The molecule has 0 saturated carbocycles. The van der Waals surface area contributed by atoms with Crippen LogP contribution >= 0.6 is 0 Å². The van der Waals surface area contributed by atoms with Crippen LogP contribution in [0.2, 0.25) is 0 Å². The number of rotatable bonds is 4. The summed E-state index contributed by atoms with van der Waals surface area (Å²) in [6.07, 6.45) is 1.59. The van der Waals surface area contributed by atoms with Crippen molar-refractivity contribution in [2.24, 2.45) is 0 Å². The lowest BCUT2D eigenvalue weighted by molar-refractivity contribution is -0.142. The summed E-state index contributed by atoms with van der Waals surface area (Å²) >= 11 is 0. The molecule has 1 aliphatic heterocycles. The average Bonchev–Trinajstić information content (AvgIpc) is 2.46. The Kier molecular flexibility index (Phi) is 3.93. The Morgan fingerprint density at radius 3 is 2.29 bits per heavy atom. The molecule has 0 bridgehead atoms. The van der Waals surface area contributed by atoms with Crippen molar-refractivity contribution >= 4 is 5.97 Å². The Morgan fingerprint density at radius 1 is 1.36 bits per heavy atom. The van der Waals surface area contributed by atoms with E-state index in [4.69, 9.17) is 4.74 Å². The van der Waals surface area contributed by atoms with Crippen LogP contribution in [0.3, 0.4) is 0 Å². The second-order valence-corrected chi connectivity index (χ2v) is 4.53. The summed E-state index contributed by atoms with van der Waals surface area (Å²) in [7, 11) is 0. The third-order valence-electron chi connectivity index (χ3n) is 2.71. The topological polar surface area (TPSA) is 29.5 Å². The van der Waals surface area contributed by atoms with Gasteiger partial charge in [-0.15, -0.1) is 0 Å². The van der Waals surface area contributed by atoms with Gasteiger partial charge in [-0.25, -0.2) is 0 Å². The van der Waals surface area contributed by atoms with Gasteiger partial charge in [-0.2, -0.15) is 0 Å². The molecule has 0 aromatic carbocycles. The van der Waals surface area contributed by atoms with Crippen LogP contribution < -0.4 is 0 Å². The first-order valence-corrected chi connectivity index (χ1v) is 5.46. The Labute approximate surface area is 86.4 Å². The van der Waals surface area contributed by atoms with Gasteiger partial charge < -0.3 is 4.74 Å². The Morgan fingerprint density at radius 2 is 1.93 bits per heavy atom. The van der Waals surface area contributed by atoms with Crippen LogP contribution in [0.5, 0.6) is 0 Å². The molecule has 14 heavy (non-hydrogen) atoms. The molecule has 1 saturated heterocycles. The molecule has 0 aromatic heterocycles. The first-order valence-electron chi connectivity index (χ1n) is 5.46. The van der Waals surface area contributed by atoms with Gasteiger partial charge in [-0.05, 0) is 34.1 Å². The number of ether oxygens (including phenoxy) is 1. The fraction of sp³-hybridized carbons (Fsp3) is 0.909. The molecule has 0 amide bonds. The van der Waals surface area contributed by atoms with Crippen molar-refractivity contribution in [1.29, 1.82) is 0 Å². The predicted octanol–water partition coefficient (Wildman–Crippen LogP) is 1.81. The molecule has 1 heterocycles. The van der Waals surface area contributed by atoms with Gasteiger partial charge in [0, 0.05) is 25.0 Å². The van der Waals surface area contributed by atoms with E-state index in [0.29, 0.717) is 18.5 Å². The maximum absolute atomic E-state index is 10.9. The lowest BCUT2D eigenvalue weighted by Crippen LogP contribution is -2.42. The molecule has 1 unspecified atom stereocenters. The first kappa shape index (κ1) is 11.5. The summed E-state index contributed by atoms with van der Waals surface area (Å²) in [6.45, 7) is 9.59. The highest BCUT2D eigenvalue weighted by atomic mass is 16.5. The maximum Gasteiger partial charge on any atom is 0.306 e. The normalized spacial score (nSPS) is 22.5. The molecule has 3 heteroatoms. The summed E-state index contributed by atoms with van der Waals surface area (Å²) in [5, 5.41) is 0. The van der Waals surface area contributed by atoms with E-state index in [-0.39, 0.29) is 12.1 Å². The Balaban J connectivity index is 2.43. The van der Waals surface area contributed by atoms with E-state index >= 15 is 0 Å². The second-order valence-electron chi connectivity index (χ2n) is 4.53. The van der Waals surface area contributed by atoms with Crippen molar-refractivity contribution in [2.45, 2.75) is 58.7 Å². The van der Waals surface area contributed by atoms with E-state index in [2.05, 4.69) is 32.6 Å². The zero-order chi connectivity index (χ0) is 10.7. The number of hydrogen-bond acceptors (Lipinski definition) is 3. The highest BCUT2D eigenvalue weighted by molar-refractivity contribution is 5.71. The monoisotopic (exact) mass is 199 g/mol. The van der Waals surface area contributed by atoms with Gasteiger partial charge in [0.2, 0.25) is 0 Å². The molecule has 0 aliphatic carbocycles. The van der Waals surface area contributed by atoms with Crippen LogP contribution in [-0.2, 0) is 9.53 Å². The minimum atomic E-state index is -0.0394. The molecule has 1 rings (SSSR count). The van der Waals surface area contributed by atoms with Crippen molar-refractivity contribution < 1.29 is 9.53 Å². The van der Waals surface area contributed by atoms with Crippen LogP contribution in [0.15, 0.2) is 0 Å². The summed E-state index contributed by atoms with van der Waals surface area (Å²) in [5.41, 5.74) is 0. The van der Waals surface area contributed by atoms with Crippen LogP contribution in [-0.4, -0.2) is 35.6 Å². The Bertz CT molecular complexity index is 193. The summed E-state index contributed by atoms with van der Waals surface area (Å²) < 4.78 is 5.21. The van der Waals surface area contributed by atoms with Gasteiger partial charge in [0.25, 0.3) is 0 Å². The number of nitrogens with zero attached hydrogens (tertiary/aromatic N) is 1. The van der Waals surface area contributed by atoms with E-state index in [1.54, 1.807) is 0 Å². The standard InChI is InChI=1S/C11H21NO2/c1-8(2)12(9(3)4)7-10-5-6-11(13)14-10/h8-10H,5-7H2,1-4H3. The lowest BCUT2D eigenvalue weighted by atomic mass is 10.1. The molecule has 0 spiro atoms. The maximum atomic E-state index is 10.9. The van der Waals surface area contributed by atoms with Crippen molar-refractivity contribution in [1.82, 2.24) is 4.90 Å². The van der Waals surface area contributed by atoms with Crippen molar-refractivity contribution in [3.05, 3.63) is 0 Å². The molecule has 3 nitrogen and oxygen atoms in total. The van der Waals surface area contributed by atoms with Gasteiger partial charge in [-0.3, -0.25) is 9.69 Å². The van der Waals surface area contributed by atoms with Crippen LogP contribution in [0.4, 0.5) is 0 Å². The first-order chi connectivity index (χ1) is 6.50. The molecular formula is C11H21NO2. The minimum absolute atomic E-state index is 0.0394. The van der Waals surface area contributed by atoms with E-state index in [1.807, 2.05) is 0 Å². The molecule has 1 aliphatic rings. The van der Waals surface area contributed by atoms with Crippen molar-refractivity contribution in [3.63, 3.8) is 0 Å². The van der Waals surface area contributed by atoms with Gasteiger partial charge in [0.05, 0.1) is 0 Å². The van der Waals surface area contributed by atoms with Gasteiger partial charge in [0.15, 0.2) is 0 Å². The predicted molar refractivity (Wildman–Crippen MR) is 56.1 cm³/mol. The molecule has 1 atom stereocenters. The van der Waals surface area contributed by atoms with Crippen LogP contribution in [0.25, 0.3) is 0 Å². The SMILES string of the molecule is CC(C)N(CC1CCC(=O)O1)C(C)C. The molecule has 1 fully saturated rings. The molecule has 0 radical (unpaired) electrons. The average molecular weight is 199 g/mol. The summed E-state index contributed by atoms with van der Waals surface area (Å²) in [5.74, 6) is -0.0394. The second kappa shape index (κ2) is 4.78. The van der Waals surface area contributed by atoms with Gasteiger partial charge in [-0.1, -0.05) is 0 Å². The highest BCUT2D eigenvalue weighted by Crippen LogP contribution is 2.17. The lowest BCUT2D eigenvalue weighted by Gasteiger charge is -2.32. The number of esters is 1. The number of hydrogen-bond donors (Lipinski definition) is 0. The van der Waals surface area contributed by atoms with Crippen LogP contribution in [0, 0.1) is 0 Å². The van der Waals surface area contributed by atoms with Gasteiger partial charge in [0.1, 0.15) is 6.10 Å². The molecule has 0 aromatic rings. The summed E-state index contributed by atoms with van der Waals surface area (Å²) in [6, 6.07) is 1.02.